The van der Waals surface area contributed by atoms with Crippen molar-refractivity contribution < 1.29 is 22.5 Å². The van der Waals surface area contributed by atoms with Gasteiger partial charge in [0.25, 0.3) is 10.1 Å². The van der Waals surface area contributed by atoms with E-state index in [-0.39, 0.29) is 18.4 Å². The van der Waals surface area contributed by atoms with E-state index in [0.29, 0.717) is 12.9 Å². The minimum atomic E-state index is -3.67. The smallest absolute Gasteiger partial charge is 0.302 e. The molecule has 0 aromatic carbocycles. The summed E-state index contributed by atoms with van der Waals surface area (Å²) in [6.45, 7) is 3.65. The van der Waals surface area contributed by atoms with Gasteiger partial charge < -0.3 is 4.74 Å². The molecular weight excluding hydrogens is 208 g/mol. The van der Waals surface area contributed by atoms with Crippen molar-refractivity contribution in [1.82, 2.24) is 0 Å². The van der Waals surface area contributed by atoms with E-state index in [1.165, 1.54) is 6.92 Å². The molecule has 0 saturated carbocycles. The van der Waals surface area contributed by atoms with Gasteiger partial charge in [-0.25, -0.2) is 0 Å². The third kappa shape index (κ3) is 102. The number of rotatable bonds is 1. The van der Waals surface area contributed by atoms with Crippen LogP contribution in [0.25, 0.3) is 0 Å². The lowest BCUT2D eigenvalue weighted by Crippen LogP contribution is -1.95. The predicted molar refractivity (Wildman–Crippen MR) is 47.0 cm³/mol. The van der Waals surface area contributed by atoms with E-state index in [4.69, 9.17) is 4.55 Å². The average Bonchev–Trinajstić information content (AvgIpc) is 1.58. The second-order valence-corrected chi connectivity index (χ2v) is 3.12. The van der Waals surface area contributed by atoms with Crippen molar-refractivity contribution in [3.05, 3.63) is 0 Å². The number of ether oxygens (including phenoxy) is 1. The standard InChI is InChI=1S/C4H8O2.CH4O3S.ClH/c1-3-6-4(2)5;1-5(2,3)4;/h3H2,1-2H3;1H3,(H,2,3,4);1H. The van der Waals surface area contributed by atoms with Gasteiger partial charge in [-0.05, 0) is 6.92 Å². The summed E-state index contributed by atoms with van der Waals surface area (Å²) < 4.78 is 30.3. The van der Waals surface area contributed by atoms with E-state index >= 15 is 0 Å². The zero-order chi connectivity index (χ0) is 9.49. The fourth-order valence-corrected chi connectivity index (χ4v) is 0.203. The highest BCUT2D eigenvalue weighted by molar-refractivity contribution is 7.85. The van der Waals surface area contributed by atoms with Gasteiger partial charge in [0.15, 0.2) is 0 Å². The van der Waals surface area contributed by atoms with Crippen molar-refractivity contribution in [2.75, 3.05) is 12.9 Å². The summed E-state index contributed by atoms with van der Waals surface area (Å²) in [4.78, 5) is 9.82. The molecule has 0 heterocycles. The van der Waals surface area contributed by atoms with Crippen LogP contribution in [0.4, 0.5) is 0 Å². The van der Waals surface area contributed by atoms with Crippen LogP contribution in [0, 0.1) is 0 Å². The average molecular weight is 221 g/mol. The second-order valence-electron chi connectivity index (χ2n) is 1.66. The van der Waals surface area contributed by atoms with Crippen LogP contribution in [0.5, 0.6) is 0 Å². The van der Waals surface area contributed by atoms with Crippen molar-refractivity contribution in [1.29, 1.82) is 0 Å². The van der Waals surface area contributed by atoms with Gasteiger partial charge in [0.2, 0.25) is 0 Å². The van der Waals surface area contributed by atoms with Gasteiger partial charge in [-0.3, -0.25) is 9.35 Å². The lowest BCUT2D eigenvalue weighted by Gasteiger charge is -1.89. The molecule has 0 fully saturated rings. The first-order valence-electron chi connectivity index (χ1n) is 2.83. The molecule has 12 heavy (non-hydrogen) atoms. The third-order valence-electron chi connectivity index (χ3n) is 0.348. The van der Waals surface area contributed by atoms with Crippen molar-refractivity contribution in [2.24, 2.45) is 0 Å². The summed E-state index contributed by atoms with van der Waals surface area (Å²) in [5.41, 5.74) is 0. The zero-order valence-electron chi connectivity index (χ0n) is 7.10. The quantitative estimate of drug-likeness (QED) is 0.514. The maximum Gasteiger partial charge on any atom is 0.302 e. The van der Waals surface area contributed by atoms with E-state index in [9.17, 15) is 13.2 Å². The fraction of sp³-hybridized carbons (Fsp3) is 0.800. The summed E-state index contributed by atoms with van der Waals surface area (Å²) in [6.07, 6.45) is 0.715. The van der Waals surface area contributed by atoms with Gasteiger partial charge in [-0.1, -0.05) is 0 Å². The molecule has 0 rings (SSSR count). The molecule has 0 aromatic heterocycles. The molecule has 0 aliphatic rings. The van der Waals surface area contributed by atoms with Crippen LogP contribution >= 0.6 is 12.4 Å². The highest BCUT2D eigenvalue weighted by atomic mass is 35.5. The van der Waals surface area contributed by atoms with Crippen LogP contribution in [-0.4, -0.2) is 31.8 Å². The lowest BCUT2D eigenvalue weighted by molar-refractivity contribution is -0.140. The van der Waals surface area contributed by atoms with Gasteiger partial charge in [0, 0.05) is 6.92 Å². The number of hydrogen-bond donors (Lipinski definition) is 1. The van der Waals surface area contributed by atoms with Crippen molar-refractivity contribution in [3.63, 3.8) is 0 Å². The number of esters is 1. The number of halogens is 1. The SMILES string of the molecule is CCOC(C)=O.CS(=O)(=O)O.Cl. The van der Waals surface area contributed by atoms with Crippen molar-refractivity contribution >= 4 is 28.5 Å². The lowest BCUT2D eigenvalue weighted by atomic mass is 10.8. The largest absolute Gasteiger partial charge is 0.466 e. The first kappa shape index (κ1) is 17.7. The Morgan fingerprint density at radius 3 is 1.75 bits per heavy atom. The number of carbonyl (C=O) groups excluding carboxylic acids is 1. The van der Waals surface area contributed by atoms with Gasteiger partial charge in [-0.2, -0.15) is 8.42 Å². The first-order chi connectivity index (χ1) is 4.77. The van der Waals surface area contributed by atoms with E-state index in [2.05, 4.69) is 4.74 Å². The van der Waals surface area contributed by atoms with Crippen LogP contribution in [0.1, 0.15) is 13.8 Å². The van der Waals surface area contributed by atoms with E-state index in [1.54, 1.807) is 6.92 Å². The Morgan fingerprint density at radius 1 is 1.50 bits per heavy atom. The summed E-state index contributed by atoms with van der Waals surface area (Å²) in [6, 6.07) is 0. The molecule has 0 radical (unpaired) electrons. The minimum Gasteiger partial charge on any atom is -0.466 e. The van der Waals surface area contributed by atoms with E-state index < -0.39 is 10.1 Å². The van der Waals surface area contributed by atoms with Gasteiger partial charge in [-0.15, -0.1) is 12.4 Å². The first-order valence-corrected chi connectivity index (χ1v) is 4.68. The highest BCUT2D eigenvalue weighted by Crippen LogP contribution is 1.69. The second kappa shape index (κ2) is 8.76. The maximum absolute atomic E-state index is 9.82. The topological polar surface area (TPSA) is 80.7 Å². The molecule has 1 N–H and O–H groups in total. The minimum absolute atomic E-state index is 0. The van der Waals surface area contributed by atoms with Gasteiger partial charge >= 0.3 is 5.97 Å². The Hall–Kier alpha value is -0.330. The molecule has 5 nitrogen and oxygen atoms in total. The van der Waals surface area contributed by atoms with Crippen LogP contribution in [0.2, 0.25) is 0 Å². The van der Waals surface area contributed by atoms with Gasteiger partial charge in [0.05, 0.1) is 12.9 Å². The zero-order valence-corrected chi connectivity index (χ0v) is 8.74. The molecule has 7 heteroatoms. The van der Waals surface area contributed by atoms with E-state index in [1.807, 2.05) is 0 Å². The normalized spacial score (nSPS) is 8.67. The molecule has 0 atom stereocenters. The number of carbonyl (C=O) groups is 1. The highest BCUT2D eigenvalue weighted by Gasteiger charge is 1.82. The van der Waals surface area contributed by atoms with Crippen LogP contribution in [-0.2, 0) is 19.6 Å². The molecule has 0 saturated heterocycles. The molecule has 0 bridgehead atoms. The summed E-state index contributed by atoms with van der Waals surface area (Å²) in [5.74, 6) is -0.211. The predicted octanol–water partition coefficient (Wildman–Crippen LogP) is 0.495. The molecule has 76 valence electrons. The molecule has 0 aliphatic heterocycles. The van der Waals surface area contributed by atoms with Crippen molar-refractivity contribution in [2.45, 2.75) is 13.8 Å². The Kier molecular flexibility index (Phi) is 12.9. The van der Waals surface area contributed by atoms with Crippen LogP contribution in [0.3, 0.4) is 0 Å². The molecule has 0 spiro atoms. The molecule has 0 amide bonds. The number of hydrogen-bond acceptors (Lipinski definition) is 4. The van der Waals surface area contributed by atoms with Crippen LogP contribution in [0.15, 0.2) is 0 Å². The van der Waals surface area contributed by atoms with Gasteiger partial charge in [0.1, 0.15) is 0 Å². The maximum atomic E-state index is 9.82. The molecule has 0 unspecified atom stereocenters. The fourth-order valence-electron chi connectivity index (χ4n) is 0.203. The summed E-state index contributed by atoms with van der Waals surface area (Å²) in [5, 5.41) is 0. The summed E-state index contributed by atoms with van der Waals surface area (Å²) in [7, 11) is -3.67. The van der Waals surface area contributed by atoms with Crippen molar-refractivity contribution in [3.8, 4) is 0 Å². The summed E-state index contributed by atoms with van der Waals surface area (Å²) >= 11 is 0. The Balaban J connectivity index is -0.000000126. The Labute approximate surface area is 78.3 Å². The third-order valence-corrected chi connectivity index (χ3v) is 0.348. The molecule has 0 aromatic rings. The Bertz CT molecular complexity index is 190. The Morgan fingerprint density at radius 2 is 1.75 bits per heavy atom. The monoisotopic (exact) mass is 220 g/mol. The molecule has 0 aliphatic carbocycles. The van der Waals surface area contributed by atoms with E-state index in [0.717, 1.165) is 0 Å². The molecular formula is C5H13ClO5S. The van der Waals surface area contributed by atoms with Crippen LogP contribution < -0.4 is 0 Å².